The first-order valence-electron chi connectivity index (χ1n) is 13.6. The lowest BCUT2D eigenvalue weighted by Crippen LogP contribution is -2.43. The van der Waals surface area contributed by atoms with E-state index in [1.165, 1.54) is 12.0 Å². The molecule has 1 fully saturated rings. The zero-order valence-corrected chi connectivity index (χ0v) is 22.0. The lowest BCUT2D eigenvalue weighted by atomic mass is 9.63. The Kier molecular flexibility index (Phi) is 10.0. The number of nitriles is 1. The SMILES string of the molecule is CCC(CCC(C#N)(c1ccc(C(F)(F)F)cc1)C1CCCCC1)N(CCc1ccccc1)C(C)C. The predicted molar refractivity (Wildman–Crippen MR) is 141 cm³/mol. The van der Waals surface area contributed by atoms with Gasteiger partial charge in [0.25, 0.3) is 0 Å². The minimum atomic E-state index is -4.37. The molecule has 2 nitrogen and oxygen atoms in total. The van der Waals surface area contributed by atoms with Crippen molar-refractivity contribution >= 4 is 0 Å². The van der Waals surface area contributed by atoms with Crippen molar-refractivity contribution in [3.8, 4) is 6.07 Å². The lowest BCUT2D eigenvalue weighted by Gasteiger charge is -2.41. The van der Waals surface area contributed by atoms with Crippen LogP contribution < -0.4 is 0 Å². The number of nitrogens with zero attached hydrogens (tertiary/aromatic N) is 2. The van der Waals surface area contributed by atoms with Crippen molar-refractivity contribution in [2.24, 2.45) is 5.92 Å². The highest BCUT2D eigenvalue weighted by Gasteiger charge is 2.42. The summed E-state index contributed by atoms with van der Waals surface area (Å²) in [5, 5.41) is 10.6. The van der Waals surface area contributed by atoms with E-state index < -0.39 is 17.2 Å². The molecule has 0 saturated heterocycles. The van der Waals surface area contributed by atoms with Gasteiger partial charge in [-0.3, -0.25) is 4.90 Å². The maximum atomic E-state index is 13.2. The van der Waals surface area contributed by atoms with Gasteiger partial charge < -0.3 is 0 Å². The van der Waals surface area contributed by atoms with Crippen LogP contribution in [0.15, 0.2) is 54.6 Å². The third kappa shape index (κ3) is 6.91. The van der Waals surface area contributed by atoms with Gasteiger partial charge in [-0.1, -0.05) is 68.7 Å². The van der Waals surface area contributed by atoms with Gasteiger partial charge in [-0.2, -0.15) is 18.4 Å². The Hall–Kier alpha value is -2.32. The average Bonchev–Trinajstić information content (AvgIpc) is 2.89. The third-order valence-electron chi connectivity index (χ3n) is 8.21. The van der Waals surface area contributed by atoms with Crippen LogP contribution in [0.5, 0.6) is 0 Å². The summed E-state index contributed by atoms with van der Waals surface area (Å²) in [7, 11) is 0. The molecule has 0 N–H and O–H groups in total. The summed E-state index contributed by atoms with van der Waals surface area (Å²) < 4.78 is 39.7. The quantitative estimate of drug-likeness (QED) is 0.310. The van der Waals surface area contributed by atoms with E-state index in [4.69, 9.17) is 0 Å². The molecule has 0 radical (unpaired) electrons. The van der Waals surface area contributed by atoms with Gasteiger partial charge in [0, 0.05) is 18.6 Å². The van der Waals surface area contributed by atoms with Gasteiger partial charge in [0.2, 0.25) is 0 Å². The summed E-state index contributed by atoms with van der Waals surface area (Å²) >= 11 is 0. The number of benzene rings is 2. The Bertz CT molecular complexity index is 956. The maximum Gasteiger partial charge on any atom is 0.416 e. The smallest absolute Gasteiger partial charge is 0.298 e. The molecule has 0 aromatic heterocycles. The lowest BCUT2D eigenvalue weighted by molar-refractivity contribution is -0.137. The fourth-order valence-corrected chi connectivity index (χ4v) is 6.11. The maximum absolute atomic E-state index is 13.2. The molecule has 2 aromatic rings. The second-order valence-electron chi connectivity index (χ2n) is 10.7. The molecule has 2 unspecified atom stereocenters. The molecule has 0 amide bonds. The van der Waals surface area contributed by atoms with Crippen LogP contribution in [-0.4, -0.2) is 23.5 Å². The van der Waals surface area contributed by atoms with Crippen molar-refractivity contribution in [2.45, 2.75) is 102 Å². The van der Waals surface area contributed by atoms with E-state index in [1.54, 1.807) is 12.1 Å². The van der Waals surface area contributed by atoms with Crippen LogP contribution in [0.3, 0.4) is 0 Å². The van der Waals surface area contributed by atoms with Crippen LogP contribution in [0.2, 0.25) is 0 Å². The molecular weight excluding hydrogens is 457 g/mol. The Morgan fingerprint density at radius 2 is 1.56 bits per heavy atom. The molecule has 196 valence electrons. The number of hydrogen-bond acceptors (Lipinski definition) is 2. The monoisotopic (exact) mass is 498 g/mol. The summed E-state index contributed by atoms with van der Waals surface area (Å²) in [6, 6.07) is 19.3. The average molecular weight is 499 g/mol. The van der Waals surface area contributed by atoms with Crippen LogP contribution in [0, 0.1) is 17.2 Å². The van der Waals surface area contributed by atoms with E-state index in [1.807, 2.05) is 6.07 Å². The van der Waals surface area contributed by atoms with Gasteiger partial charge in [-0.05, 0) is 81.5 Å². The molecule has 0 heterocycles. The molecule has 1 aliphatic carbocycles. The van der Waals surface area contributed by atoms with E-state index in [9.17, 15) is 18.4 Å². The molecule has 1 aliphatic rings. The molecule has 1 saturated carbocycles. The molecule has 5 heteroatoms. The topological polar surface area (TPSA) is 27.0 Å². The standard InChI is InChI=1S/C31H41F3N2/c1-4-29(36(24(2)3)22-20-25-11-7-5-8-12-25)19-21-30(23-35,26-13-9-6-10-14-26)27-15-17-28(18-16-27)31(32,33)34/h5,7-8,11-12,15-18,24,26,29H,4,6,9-10,13-14,19-22H2,1-3H3. The Morgan fingerprint density at radius 3 is 2.08 bits per heavy atom. The first-order valence-corrected chi connectivity index (χ1v) is 13.6. The van der Waals surface area contributed by atoms with Crippen LogP contribution in [0.25, 0.3) is 0 Å². The second kappa shape index (κ2) is 12.8. The zero-order chi connectivity index (χ0) is 26.2. The highest BCUT2D eigenvalue weighted by molar-refractivity contribution is 5.37. The van der Waals surface area contributed by atoms with E-state index in [0.29, 0.717) is 18.5 Å². The fraction of sp³-hybridized carbons (Fsp3) is 0.581. The number of alkyl halides is 3. The molecule has 2 atom stereocenters. The summed E-state index contributed by atoms with van der Waals surface area (Å²) in [5.74, 6) is 0.183. The summed E-state index contributed by atoms with van der Waals surface area (Å²) in [6.07, 6.45) is 4.38. The largest absolute Gasteiger partial charge is 0.416 e. The molecule has 2 aromatic carbocycles. The van der Waals surface area contributed by atoms with Crippen molar-refractivity contribution < 1.29 is 13.2 Å². The number of hydrogen-bond donors (Lipinski definition) is 0. The Balaban J connectivity index is 1.84. The predicted octanol–water partition coefficient (Wildman–Crippen LogP) is 8.56. The zero-order valence-electron chi connectivity index (χ0n) is 22.0. The summed E-state index contributed by atoms with van der Waals surface area (Å²) in [5.41, 5.74) is 0.664. The number of halogens is 3. The third-order valence-corrected chi connectivity index (χ3v) is 8.21. The van der Waals surface area contributed by atoms with Crippen molar-refractivity contribution in [1.82, 2.24) is 4.90 Å². The van der Waals surface area contributed by atoms with Gasteiger partial charge in [-0.25, -0.2) is 0 Å². The van der Waals surface area contributed by atoms with Crippen LogP contribution in [0.4, 0.5) is 13.2 Å². The minimum Gasteiger partial charge on any atom is -0.298 e. The second-order valence-corrected chi connectivity index (χ2v) is 10.7. The van der Waals surface area contributed by atoms with Crippen molar-refractivity contribution in [3.63, 3.8) is 0 Å². The van der Waals surface area contributed by atoms with Gasteiger partial charge in [-0.15, -0.1) is 0 Å². The summed E-state index contributed by atoms with van der Waals surface area (Å²) in [6.45, 7) is 7.60. The highest BCUT2D eigenvalue weighted by atomic mass is 19.4. The van der Waals surface area contributed by atoms with E-state index in [-0.39, 0.29) is 5.92 Å². The molecular formula is C31H41F3N2. The minimum absolute atomic E-state index is 0.183. The van der Waals surface area contributed by atoms with Crippen molar-refractivity contribution in [3.05, 3.63) is 71.3 Å². The van der Waals surface area contributed by atoms with Gasteiger partial charge in [0.15, 0.2) is 0 Å². The first kappa shape index (κ1) is 28.3. The van der Waals surface area contributed by atoms with Gasteiger partial charge in [0.1, 0.15) is 0 Å². The first-order chi connectivity index (χ1) is 17.2. The highest BCUT2D eigenvalue weighted by Crippen LogP contribution is 2.45. The molecule has 0 aliphatic heterocycles. The van der Waals surface area contributed by atoms with Crippen molar-refractivity contribution in [2.75, 3.05) is 6.54 Å². The van der Waals surface area contributed by atoms with Crippen LogP contribution in [-0.2, 0) is 18.0 Å². The normalized spacial score (nSPS) is 17.6. The van der Waals surface area contributed by atoms with Gasteiger partial charge >= 0.3 is 6.18 Å². The van der Waals surface area contributed by atoms with Crippen molar-refractivity contribution in [1.29, 1.82) is 5.26 Å². The summed E-state index contributed by atoms with van der Waals surface area (Å²) in [4.78, 5) is 2.54. The molecule has 3 rings (SSSR count). The van der Waals surface area contributed by atoms with E-state index >= 15 is 0 Å². The Morgan fingerprint density at radius 1 is 0.944 bits per heavy atom. The van der Waals surface area contributed by atoms with Gasteiger partial charge in [0.05, 0.1) is 17.0 Å². The van der Waals surface area contributed by atoms with Crippen LogP contribution in [0.1, 0.15) is 88.8 Å². The fourth-order valence-electron chi connectivity index (χ4n) is 6.11. The number of rotatable bonds is 11. The molecule has 0 bridgehead atoms. The molecule has 36 heavy (non-hydrogen) atoms. The van der Waals surface area contributed by atoms with E-state index in [0.717, 1.165) is 69.2 Å². The molecule has 0 spiro atoms. The van der Waals surface area contributed by atoms with Crippen LogP contribution >= 0.6 is 0 Å². The van der Waals surface area contributed by atoms with E-state index in [2.05, 4.69) is 56.0 Å². The Labute approximate surface area is 215 Å².